The van der Waals surface area contributed by atoms with Gasteiger partial charge in [-0.15, -0.1) is 0 Å². The highest BCUT2D eigenvalue weighted by molar-refractivity contribution is 5.63. The normalized spacial score (nSPS) is 16.1. The highest BCUT2D eigenvalue weighted by atomic mass is 16.5. The number of hydrogen-bond donors (Lipinski definition) is 1. The van der Waals surface area contributed by atoms with Crippen molar-refractivity contribution in [2.24, 2.45) is 5.73 Å². The molecule has 0 bridgehead atoms. The Morgan fingerprint density at radius 1 is 0.957 bits per heavy atom. The first kappa shape index (κ1) is 15.7. The number of aryl methyl sites for hydroxylation is 2. The van der Waals surface area contributed by atoms with Crippen molar-refractivity contribution in [3.8, 4) is 17.2 Å². The van der Waals surface area contributed by atoms with Gasteiger partial charge in [-0.1, -0.05) is 24.3 Å². The summed E-state index contributed by atoms with van der Waals surface area (Å²) in [6, 6.07) is 10.6. The van der Waals surface area contributed by atoms with Gasteiger partial charge in [0.25, 0.3) is 0 Å². The van der Waals surface area contributed by atoms with Crippen LogP contribution in [-0.2, 0) is 12.8 Å². The zero-order valence-electron chi connectivity index (χ0n) is 13.9. The van der Waals surface area contributed by atoms with E-state index in [0.717, 1.165) is 24.2 Å². The summed E-state index contributed by atoms with van der Waals surface area (Å²) in [6.07, 6.45) is 1.91. The number of benzene rings is 2. The molecular formula is C19H23NO3. The van der Waals surface area contributed by atoms with Crippen molar-refractivity contribution in [1.82, 2.24) is 0 Å². The van der Waals surface area contributed by atoms with Crippen LogP contribution < -0.4 is 19.9 Å². The van der Waals surface area contributed by atoms with Gasteiger partial charge in [-0.05, 0) is 35.6 Å². The summed E-state index contributed by atoms with van der Waals surface area (Å²) >= 11 is 0. The first-order valence-corrected chi connectivity index (χ1v) is 7.84. The fourth-order valence-electron chi connectivity index (χ4n) is 3.59. The van der Waals surface area contributed by atoms with Gasteiger partial charge in [-0.3, -0.25) is 0 Å². The number of ether oxygens (including phenoxy) is 3. The molecule has 1 aliphatic rings. The van der Waals surface area contributed by atoms with Gasteiger partial charge in [0.15, 0.2) is 11.5 Å². The van der Waals surface area contributed by atoms with Gasteiger partial charge in [0, 0.05) is 18.0 Å². The van der Waals surface area contributed by atoms with E-state index in [1.807, 2.05) is 0 Å². The van der Waals surface area contributed by atoms with Crippen LogP contribution in [0.1, 0.15) is 28.2 Å². The maximum atomic E-state index is 6.16. The summed E-state index contributed by atoms with van der Waals surface area (Å²) < 4.78 is 16.8. The lowest BCUT2D eigenvalue weighted by molar-refractivity contribution is 0.321. The van der Waals surface area contributed by atoms with Crippen LogP contribution in [0.4, 0.5) is 0 Å². The molecule has 1 atom stereocenters. The molecule has 0 amide bonds. The Morgan fingerprint density at radius 3 is 2.30 bits per heavy atom. The minimum atomic E-state index is 0.0958. The molecule has 0 aromatic heterocycles. The van der Waals surface area contributed by atoms with Gasteiger partial charge in [-0.25, -0.2) is 0 Å². The standard InChI is InChI=1S/C19H23NO3/c1-21-16-10-13-9-8-12-6-4-5-7-14(12)15(11-20)17(13)19(23-3)18(16)22-2/h4-7,10,15H,8-9,11,20H2,1-3H3/t15-/m0/s1. The lowest BCUT2D eigenvalue weighted by Gasteiger charge is -2.24. The van der Waals surface area contributed by atoms with E-state index in [1.54, 1.807) is 21.3 Å². The van der Waals surface area contributed by atoms with E-state index in [0.29, 0.717) is 18.0 Å². The number of fused-ring (bicyclic) bond motifs is 2. The zero-order chi connectivity index (χ0) is 16.4. The molecule has 2 aromatic rings. The summed E-state index contributed by atoms with van der Waals surface area (Å²) in [5.41, 5.74) is 11.1. The Kier molecular flexibility index (Phi) is 4.44. The fourth-order valence-corrected chi connectivity index (χ4v) is 3.59. The van der Waals surface area contributed by atoms with Gasteiger partial charge in [0.05, 0.1) is 21.3 Å². The lowest BCUT2D eigenvalue weighted by atomic mass is 9.87. The van der Waals surface area contributed by atoms with Crippen molar-refractivity contribution in [3.63, 3.8) is 0 Å². The fraction of sp³-hybridized carbons (Fsp3) is 0.368. The molecule has 3 rings (SSSR count). The first-order chi connectivity index (χ1) is 11.2. The van der Waals surface area contributed by atoms with Crippen LogP contribution in [0, 0.1) is 0 Å². The van der Waals surface area contributed by atoms with Crippen LogP contribution >= 0.6 is 0 Å². The van der Waals surface area contributed by atoms with Crippen LogP contribution in [0.5, 0.6) is 17.2 Å². The molecule has 23 heavy (non-hydrogen) atoms. The first-order valence-electron chi connectivity index (χ1n) is 7.84. The lowest BCUT2D eigenvalue weighted by Crippen LogP contribution is -2.17. The molecule has 0 spiro atoms. The minimum absolute atomic E-state index is 0.0958. The molecular weight excluding hydrogens is 290 g/mol. The van der Waals surface area contributed by atoms with E-state index in [4.69, 9.17) is 19.9 Å². The highest BCUT2D eigenvalue weighted by Gasteiger charge is 2.29. The van der Waals surface area contributed by atoms with Crippen LogP contribution in [0.3, 0.4) is 0 Å². The molecule has 2 N–H and O–H groups in total. The van der Waals surface area contributed by atoms with E-state index in [9.17, 15) is 0 Å². The van der Waals surface area contributed by atoms with Crippen molar-refractivity contribution in [2.75, 3.05) is 27.9 Å². The highest BCUT2D eigenvalue weighted by Crippen LogP contribution is 2.48. The van der Waals surface area contributed by atoms with Gasteiger partial charge < -0.3 is 19.9 Å². The molecule has 0 saturated carbocycles. The number of nitrogens with two attached hydrogens (primary N) is 1. The summed E-state index contributed by atoms with van der Waals surface area (Å²) in [5, 5.41) is 0. The third kappa shape index (κ3) is 2.53. The van der Waals surface area contributed by atoms with Crippen LogP contribution in [0.15, 0.2) is 30.3 Å². The molecule has 0 radical (unpaired) electrons. The third-order valence-corrected chi connectivity index (χ3v) is 4.63. The SMILES string of the molecule is COc1cc2c(c(OC)c1OC)[C@@H](CN)c1ccccc1CC2. The van der Waals surface area contributed by atoms with Crippen molar-refractivity contribution >= 4 is 0 Å². The Balaban J connectivity index is 2.29. The van der Waals surface area contributed by atoms with E-state index < -0.39 is 0 Å². The third-order valence-electron chi connectivity index (χ3n) is 4.63. The average Bonchev–Trinajstić information content (AvgIpc) is 2.76. The minimum Gasteiger partial charge on any atom is -0.493 e. The van der Waals surface area contributed by atoms with Crippen molar-refractivity contribution in [3.05, 3.63) is 52.6 Å². The Labute approximate surface area is 137 Å². The number of methoxy groups -OCH3 is 3. The number of hydrogen-bond acceptors (Lipinski definition) is 4. The predicted molar refractivity (Wildman–Crippen MR) is 90.8 cm³/mol. The van der Waals surface area contributed by atoms with Gasteiger partial charge in [0.2, 0.25) is 5.75 Å². The van der Waals surface area contributed by atoms with E-state index in [1.165, 1.54) is 16.7 Å². The summed E-state index contributed by atoms with van der Waals surface area (Å²) in [5.74, 6) is 2.16. The Hall–Kier alpha value is -2.20. The largest absolute Gasteiger partial charge is 0.493 e. The molecule has 0 heterocycles. The quantitative estimate of drug-likeness (QED) is 0.943. The molecule has 1 aliphatic carbocycles. The predicted octanol–water partition coefficient (Wildman–Crippen LogP) is 2.90. The molecule has 122 valence electrons. The van der Waals surface area contributed by atoms with E-state index in [-0.39, 0.29) is 5.92 Å². The summed E-state index contributed by atoms with van der Waals surface area (Å²) in [4.78, 5) is 0. The molecule has 4 heteroatoms. The summed E-state index contributed by atoms with van der Waals surface area (Å²) in [6.45, 7) is 0.524. The summed E-state index contributed by atoms with van der Waals surface area (Å²) in [7, 11) is 4.95. The monoisotopic (exact) mass is 313 g/mol. The van der Waals surface area contributed by atoms with Crippen molar-refractivity contribution < 1.29 is 14.2 Å². The molecule has 0 saturated heterocycles. The van der Waals surface area contributed by atoms with Crippen LogP contribution in [0.2, 0.25) is 0 Å². The van der Waals surface area contributed by atoms with E-state index in [2.05, 4.69) is 30.3 Å². The van der Waals surface area contributed by atoms with Crippen molar-refractivity contribution in [1.29, 1.82) is 0 Å². The second kappa shape index (κ2) is 6.50. The molecule has 2 aromatic carbocycles. The van der Waals surface area contributed by atoms with Gasteiger partial charge in [-0.2, -0.15) is 0 Å². The second-order valence-corrected chi connectivity index (χ2v) is 5.71. The number of rotatable bonds is 4. The van der Waals surface area contributed by atoms with E-state index >= 15 is 0 Å². The molecule has 0 fully saturated rings. The van der Waals surface area contributed by atoms with Crippen LogP contribution in [-0.4, -0.2) is 27.9 Å². The maximum Gasteiger partial charge on any atom is 0.203 e. The smallest absolute Gasteiger partial charge is 0.203 e. The topological polar surface area (TPSA) is 53.7 Å². The van der Waals surface area contributed by atoms with Gasteiger partial charge in [0.1, 0.15) is 0 Å². The zero-order valence-corrected chi connectivity index (χ0v) is 13.9. The molecule has 4 nitrogen and oxygen atoms in total. The Bertz CT molecular complexity index is 712. The molecule has 0 unspecified atom stereocenters. The van der Waals surface area contributed by atoms with Gasteiger partial charge >= 0.3 is 0 Å². The van der Waals surface area contributed by atoms with Crippen LogP contribution in [0.25, 0.3) is 0 Å². The molecule has 0 aliphatic heterocycles. The average molecular weight is 313 g/mol. The van der Waals surface area contributed by atoms with Crippen molar-refractivity contribution in [2.45, 2.75) is 18.8 Å². The Morgan fingerprint density at radius 2 is 1.65 bits per heavy atom. The maximum absolute atomic E-state index is 6.16. The second-order valence-electron chi connectivity index (χ2n) is 5.71.